The molecule has 7 nitrogen and oxygen atoms in total. The summed E-state index contributed by atoms with van der Waals surface area (Å²) in [4.78, 5) is 24.4. The van der Waals surface area contributed by atoms with E-state index < -0.39 is 11.7 Å². The molecule has 1 heterocycles. The number of carbonyl (C=O) groups excluding carboxylic acids is 1. The van der Waals surface area contributed by atoms with E-state index in [0.29, 0.717) is 5.69 Å². The number of hydrogen-bond acceptors (Lipinski definition) is 4. The molecule has 112 valence electrons. The number of carbonyl (C=O) groups is 1. The summed E-state index contributed by atoms with van der Waals surface area (Å²) in [6, 6.07) is 8.21. The number of benzene rings is 1. The molecule has 1 aliphatic carbocycles. The van der Waals surface area contributed by atoms with Crippen LogP contribution in [0, 0.1) is 5.92 Å². The van der Waals surface area contributed by atoms with Gasteiger partial charge in [0.1, 0.15) is 0 Å². The van der Waals surface area contributed by atoms with E-state index in [4.69, 9.17) is 0 Å². The molecule has 0 aliphatic heterocycles. The lowest BCUT2D eigenvalue weighted by Crippen LogP contribution is -2.38. The van der Waals surface area contributed by atoms with Crippen molar-refractivity contribution in [3.63, 3.8) is 0 Å². The van der Waals surface area contributed by atoms with Crippen LogP contribution in [0.3, 0.4) is 0 Å². The lowest BCUT2D eigenvalue weighted by atomic mass is 9.99. The van der Waals surface area contributed by atoms with Gasteiger partial charge in [0.15, 0.2) is 0 Å². The number of nitrogens with one attached hydrogen (secondary N) is 1. The smallest absolute Gasteiger partial charge is 0.309 e. The van der Waals surface area contributed by atoms with Crippen LogP contribution in [0.4, 0.5) is 4.79 Å². The fourth-order valence-electron chi connectivity index (χ4n) is 2.19. The largest absolute Gasteiger partial charge is 0.377 e. The molecule has 0 saturated heterocycles. The second kappa shape index (κ2) is 5.80. The number of tetrazole rings is 1. The van der Waals surface area contributed by atoms with Crippen LogP contribution in [-0.4, -0.2) is 25.8 Å². The molecule has 22 heavy (non-hydrogen) atoms. The van der Waals surface area contributed by atoms with Gasteiger partial charge in [-0.15, -0.1) is 4.68 Å². The van der Waals surface area contributed by atoms with E-state index in [0.717, 1.165) is 21.5 Å². The molecule has 7 heteroatoms. The number of nitrogens with zero attached hydrogens (tertiary/aromatic N) is 4. The number of allylic oxidation sites excluding steroid dienone is 4. The summed E-state index contributed by atoms with van der Waals surface area (Å²) >= 11 is 0. The van der Waals surface area contributed by atoms with Gasteiger partial charge in [-0.25, -0.2) is 9.59 Å². The number of amides is 1. The highest BCUT2D eigenvalue weighted by molar-refractivity contribution is 5.77. The molecule has 0 radical (unpaired) electrons. The molecule has 0 bridgehead atoms. The lowest BCUT2D eigenvalue weighted by Gasteiger charge is -2.17. The van der Waals surface area contributed by atoms with Crippen molar-refractivity contribution < 1.29 is 4.79 Å². The monoisotopic (exact) mass is 297 g/mol. The van der Waals surface area contributed by atoms with Crippen LogP contribution >= 0.6 is 0 Å². The van der Waals surface area contributed by atoms with Crippen LogP contribution < -0.4 is 11.0 Å². The molecule has 0 fully saturated rings. The zero-order valence-corrected chi connectivity index (χ0v) is 12.0. The minimum absolute atomic E-state index is 0.189. The van der Waals surface area contributed by atoms with Crippen LogP contribution in [0.5, 0.6) is 0 Å². The molecule has 1 aliphatic rings. The zero-order chi connectivity index (χ0) is 15.5. The van der Waals surface area contributed by atoms with Crippen LogP contribution in [-0.2, 0) is 0 Å². The first-order valence-electron chi connectivity index (χ1n) is 6.95. The van der Waals surface area contributed by atoms with Crippen molar-refractivity contribution >= 4 is 6.03 Å². The van der Waals surface area contributed by atoms with Gasteiger partial charge in [0, 0.05) is 5.70 Å². The van der Waals surface area contributed by atoms with E-state index in [1.54, 1.807) is 24.3 Å². The van der Waals surface area contributed by atoms with Gasteiger partial charge in [0.05, 0.1) is 5.69 Å². The third-order valence-electron chi connectivity index (χ3n) is 3.46. The Labute approximate surface area is 126 Å². The quantitative estimate of drug-likeness (QED) is 0.851. The molecule has 1 atom stereocenters. The summed E-state index contributed by atoms with van der Waals surface area (Å²) in [5, 5.41) is 10.1. The second-order valence-electron chi connectivity index (χ2n) is 5.04. The van der Waals surface area contributed by atoms with Crippen LogP contribution in [0.2, 0.25) is 0 Å². The van der Waals surface area contributed by atoms with Crippen molar-refractivity contribution in [1.29, 1.82) is 0 Å². The normalized spacial score (nSPS) is 17.1. The minimum atomic E-state index is -0.611. The zero-order valence-electron chi connectivity index (χ0n) is 12.0. The van der Waals surface area contributed by atoms with E-state index in [1.807, 2.05) is 31.2 Å². The number of aromatic nitrogens is 4. The molecule has 3 rings (SSSR count). The van der Waals surface area contributed by atoms with Gasteiger partial charge in [-0.05, 0) is 41.0 Å². The highest BCUT2D eigenvalue weighted by Gasteiger charge is 2.18. The lowest BCUT2D eigenvalue weighted by molar-refractivity contribution is 0.239. The molecule has 0 spiro atoms. The first-order chi connectivity index (χ1) is 10.7. The molecule has 1 aromatic heterocycles. The third-order valence-corrected chi connectivity index (χ3v) is 3.46. The Kier molecular flexibility index (Phi) is 3.69. The van der Waals surface area contributed by atoms with Gasteiger partial charge < -0.3 is 5.32 Å². The van der Waals surface area contributed by atoms with Crippen molar-refractivity contribution in [2.75, 3.05) is 0 Å². The van der Waals surface area contributed by atoms with Crippen molar-refractivity contribution in [2.24, 2.45) is 5.92 Å². The van der Waals surface area contributed by atoms with Crippen LogP contribution in [0.15, 0.2) is 59.1 Å². The Morgan fingerprint density at radius 2 is 2.05 bits per heavy atom. The van der Waals surface area contributed by atoms with Gasteiger partial charge in [-0.1, -0.05) is 37.3 Å². The summed E-state index contributed by atoms with van der Waals surface area (Å²) in [6.07, 6.45) is 6.56. The van der Waals surface area contributed by atoms with Crippen molar-refractivity contribution in [2.45, 2.75) is 13.3 Å². The Bertz CT molecular complexity index is 801. The summed E-state index contributed by atoms with van der Waals surface area (Å²) in [5.41, 5.74) is 0.705. The van der Waals surface area contributed by atoms with Gasteiger partial charge in [0.25, 0.3) is 0 Å². The highest BCUT2D eigenvalue weighted by atomic mass is 16.2. The van der Waals surface area contributed by atoms with Gasteiger partial charge in [-0.3, -0.25) is 0 Å². The first-order valence-corrected chi connectivity index (χ1v) is 6.95. The Morgan fingerprint density at radius 3 is 2.77 bits per heavy atom. The Hall–Kier alpha value is -2.96. The SMILES string of the molecule is CC1CC=CC=C1NC(=O)n1nnn(-c2ccccc2)c1=O. The Morgan fingerprint density at radius 1 is 1.27 bits per heavy atom. The van der Waals surface area contributed by atoms with Crippen LogP contribution in [0.1, 0.15) is 13.3 Å². The predicted molar refractivity (Wildman–Crippen MR) is 80.6 cm³/mol. The third kappa shape index (κ3) is 2.60. The first kappa shape index (κ1) is 14.0. The molecular weight excluding hydrogens is 282 g/mol. The van der Waals surface area contributed by atoms with Gasteiger partial charge in [-0.2, -0.15) is 4.68 Å². The Balaban J connectivity index is 1.86. The summed E-state index contributed by atoms with van der Waals surface area (Å²) < 4.78 is 1.80. The maximum atomic E-state index is 12.2. The average molecular weight is 297 g/mol. The maximum Gasteiger partial charge on any atom is 0.377 e. The topological polar surface area (TPSA) is 81.8 Å². The number of rotatable bonds is 2. The van der Waals surface area contributed by atoms with Gasteiger partial charge >= 0.3 is 11.7 Å². The van der Waals surface area contributed by atoms with E-state index in [9.17, 15) is 9.59 Å². The molecule has 1 aromatic carbocycles. The molecule has 1 unspecified atom stereocenters. The molecule has 0 saturated carbocycles. The molecule has 2 aromatic rings. The van der Waals surface area contributed by atoms with E-state index in [-0.39, 0.29) is 5.92 Å². The number of para-hydroxylation sites is 1. The highest BCUT2D eigenvalue weighted by Crippen LogP contribution is 2.16. The van der Waals surface area contributed by atoms with Crippen molar-refractivity contribution in [3.8, 4) is 5.69 Å². The summed E-state index contributed by atoms with van der Waals surface area (Å²) in [7, 11) is 0. The summed E-state index contributed by atoms with van der Waals surface area (Å²) in [6.45, 7) is 2.00. The fourth-order valence-corrected chi connectivity index (χ4v) is 2.19. The molecular formula is C15H15N5O2. The van der Waals surface area contributed by atoms with Crippen molar-refractivity contribution in [3.05, 3.63) is 64.7 Å². The fraction of sp³-hybridized carbons (Fsp3) is 0.200. The average Bonchev–Trinajstić information content (AvgIpc) is 2.92. The second-order valence-corrected chi connectivity index (χ2v) is 5.04. The number of hydrogen-bond donors (Lipinski definition) is 1. The van der Waals surface area contributed by atoms with Gasteiger partial charge in [0.2, 0.25) is 0 Å². The maximum absolute atomic E-state index is 12.2. The van der Waals surface area contributed by atoms with Crippen LogP contribution in [0.25, 0.3) is 5.69 Å². The standard InChI is InChI=1S/C15H15N5O2/c1-11-7-5-6-10-13(11)16-14(21)20-15(22)19(17-18-20)12-8-3-2-4-9-12/h2-6,8-11H,7H2,1H3,(H,16,21). The predicted octanol–water partition coefficient (Wildman–Crippen LogP) is 1.47. The minimum Gasteiger partial charge on any atom is -0.309 e. The van der Waals surface area contributed by atoms with E-state index >= 15 is 0 Å². The van der Waals surface area contributed by atoms with E-state index in [2.05, 4.69) is 15.7 Å². The van der Waals surface area contributed by atoms with E-state index in [1.165, 1.54) is 0 Å². The van der Waals surface area contributed by atoms with Crippen molar-refractivity contribution in [1.82, 2.24) is 25.1 Å². The summed E-state index contributed by atoms with van der Waals surface area (Å²) in [5.74, 6) is 0.189. The molecule has 1 N–H and O–H groups in total. The molecule has 1 amide bonds.